The Morgan fingerprint density at radius 3 is 2.45 bits per heavy atom. The Morgan fingerprint density at radius 2 is 1.77 bits per heavy atom. The Bertz CT molecular complexity index is 647. The highest BCUT2D eigenvalue weighted by Gasteiger charge is 2.49. The van der Waals surface area contributed by atoms with Crippen LogP contribution in [0.15, 0.2) is 54.6 Å². The molecule has 1 amide bonds. The SMILES string of the molecule is O=C(NCCc1cccc(-c2ccccc2)c1)C1(CO)CC1. The highest BCUT2D eigenvalue weighted by atomic mass is 16.3. The minimum atomic E-state index is -0.480. The summed E-state index contributed by atoms with van der Waals surface area (Å²) in [5, 5.41) is 12.2. The van der Waals surface area contributed by atoms with Crippen molar-refractivity contribution >= 4 is 5.91 Å². The molecule has 3 heteroatoms. The highest BCUT2D eigenvalue weighted by Crippen LogP contribution is 2.45. The summed E-state index contributed by atoms with van der Waals surface area (Å²) >= 11 is 0. The topological polar surface area (TPSA) is 49.3 Å². The molecule has 3 nitrogen and oxygen atoms in total. The van der Waals surface area contributed by atoms with Crippen LogP contribution < -0.4 is 5.32 Å². The van der Waals surface area contributed by atoms with Gasteiger partial charge in [-0.3, -0.25) is 4.79 Å². The van der Waals surface area contributed by atoms with Gasteiger partial charge in [-0.1, -0.05) is 54.6 Å². The van der Waals surface area contributed by atoms with E-state index in [4.69, 9.17) is 0 Å². The molecule has 0 saturated heterocycles. The van der Waals surface area contributed by atoms with Crippen molar-refractivity contribution in [2.45, 2.75) is 19.3 Å². The zero-order chi connectivity index (χ0) is 15.4. The van der Waals surface area contributed by atoms with Gasteiger partial charge in [0.25, 0.3) is 0 Å². The molecule has 1 aliphatic carbocycles. The molecular weight excluding hydrogens is 274 g/mol. The van der Waals surface area contributed by atoms with Crippen LogP contribution >= 0.6 is 0 Å². The van der Waals surface area contributed by atoms with E-state index in [0.29, 0.717) is 6.54 Å². The van der Waals surface area contributed by atoms with Crippen LogP contribution in [0, 0.1) is 5.41 Å². The van der Waals surface area contributed by atoms with E-state index in [2.05, 4.69) is 41.7 Å². The number of rotatable bonds is 6. The number of nitrogens with one attached hydrogen (secondary N) is 1. The number of amides is 1. The molecule has 22 heavy (non-hydrogen) atoms. The fourth-order valence-corrected chi connectivity index (χ4v) is 2.65. The van der Waals surface area contributed by atoms with E-state index >= 15 is 0 Å². The minimum Gasteiger partial charge on any atom is -0.395 e. The molecule has 1 aliphatic rings. The van der Waals surface area contributed by atoms with Crippen LogP contribution in [0.5, 0.6) is 0 Å². The number of hydrogen-bond acceptors (Lipinski definition) is 2. The summed E-state index contributed by atoms with van der Waals surface area (Å²) in [6, 6.07) is 18.7. The Labute approximate surface area is 131 Å². The Hall–Kier alpha value is -2.13. The van der Waals surface area contributed by atoms with Crippen molar-refractivity contribution in [3.05, 3.63) is 60.2 Å². The van der Waals surface area contributed by atoms with Crippen molar-refractivity contribution in [1.82, 2.24) is 5.32 Å². The molecule has 1 saturated carbocycles. The van der Waals surface area contributed by atoms with Gasteiger partial charge >= 0.3 is 0 Å². The van der Waals surface area contributed by atoms with Crippen molar-refractivity contribution < 1.29 is 9.90 Å². The van der Waals surface area contributed by atoms with Gasteiger partial charge in [0.2, 0.25) is 5.91 Å². The fraction of sp³-hybridized carbons (Fsp3) is 0.316. The largest absolute Gasteiger partial charge is 0.395 e. The van der Waals surface area contributed by atoms with Gasteiger partial charge in [-0.25, -0.2) is 0 Å². The maximum absolute atomic E-state index is 12.0. The second-order valence-electron chi connectivity index (χ2n) is 6.01. The van der Waals surface area contributed by atoms with Crippen molar-refractivity contribution in [3.63, 3.8) is 0 Å². The van der Waals surface area contributed by atoms with Crippen LogP contribution in [-0.4, -0.2) is 24.2 Å². The van der Waals surface area contributed by atoms with Gasteiger partial charge in [-0.05, 0) is 36.0 Å². The molecule has 0 bridgehead atoms. The molecule has 0 aromatic heterocycles. The summed E-state index contributed by atoms with van der Waals surface area (Å²) in [4.78, 5) is 12.0. The Morgan fingerprint density at radius 1 is 1.05 bits per heavy atom. The number of aliphatic hydroxyl groups is 1. The van der Waals surface area contributed by atoms with Crippen LogP contribution in [-0.2, 0) is 11.2 Å². The molecular formula is C19H21NO2. The molecule has 0 aliphatic heterocycles. The zero-order valence-corrected chi connectivity index (χ0v) is 12.6. The van der Waals surface area contributed by atoms with Gasteiger partial charge in [0.15, 0.2) is 0 Å². The van der Waals surface area contributed by atoms with Gasteiger partial charge in [0.1, 0.15) is 0 Å². The number of carbonyl (C=O) groups is 1. The zero-order valence-electron chi connectivity index (χ0n) is 12.6. The minimum absolute atomic E-state index is 0.00536. The van der Waals surface area contributed by atoms with E-state index in [0.717, 1.165) is 19.3 Å². The van der Waals surface area contributed by atoms with E-state index in [-0.39, 0.29) is 12.5 Å². The first-order valence-electron chi connectivity index (χ1n) is 7.77. The average Bonchev–Trinajstić information content (AvgIpc) is 3.37. The van der Waals surface area contributed by atoms with Crippen molar-refractivity contribution in [3.8, 4) is 11.1 Å². The molecule has 0 heterocycles. The summed E-state index contributed by atoms with van der Waals surface area (Å²) in [5.41, 5.74) is 3.12. The average molecular weight is 295 g/mol. The highest BCUT2D eigenvalue weighted by molar-refractivity contribution is 5.85. The smallest absolute Gasteiger partial charge is 0.228 e. The third-order valence-electron chi connectivity index (χ3n) is 4.37. The number of carbonyl (C=O) groups excluding carboxylic acids is 1. The fourth-order valence-electron chi connectivity index (χ4n) is 2.65. The third-order valence-corrected chi connectivity index (χ3v) is 4.37. The van der Waals surface area contributed by atoms with Crippen LogP contribution in [0.1, 0.15) is 18.4 Å². The summed E-state index contributed by atoms with van der Waals surface area (Å²) in [7, 11) is 0. The lowest BCUT2D eigenvalue weighted by Crippen LogP contribution is -2.35. The Kier molecular flexibility index (Phi) is 4.25. The second-order valence-corrected chi connectivity index (χ2v) is 6.01. The second kappa shape index (κ2) is 6.32. The van der Waals surface area contributed by atoms with Gasteiger partial charge in [-0.15, -0.1) is 0 Å². The Balaban J connectivity index is 1.58. The van der Waals surface area contributed by atoms with Crippen LogP contribution in [0.4, 0.5) is 0 Å². The molecule has 3 rings (SSSR count). The molecule has 0 radical (unpaired) electrons. The first kappa shape index (κ1) is 14.8. The molecule has 2 aromatic carbocycles. The van der Waals surface area contributed by atoms with Gasteiger partial charge in [0.05, 0.1) is 12.0 Å². The lowest BCUT2D eigenvalue weighted by atomic mass is 10.0. The van der Waals surface area contributed by atoms with Crippen molar-refractivity contribution in [2.24, 2.45) is 5.41 Å². The van der Waals surface area contributed by atoms with E-state index in [9.17, 15) is 9.90 Å². The number of benzene rings is 2. The van der Waals surface area contributed by atoms with Gasteiger partial charge < -0.3 is 10.4 Å². The first-order chi connectivity index (χ1) is 10.7. The monoisotopic (exact) mass is 295 g/mol. The number of hydrogen-bond donors (Lipinski definition) is 2. The third kappa shape index (κ3) is 3.20. The predicted octanol–water partition coefficient (Wildman–Crippen LogP) is 2.78. The lowest BCUT2D eigenvalue weighted by molar-refractivity contribution is -0.127. The summed E-state index contributed by atoms with van der Waals surface area (Å²) in [6.45, 7) is 0.571. The quantitative estimate of drug-likeness (QED) is 0.861. The maximum atomic E-state index is 12.0. The molecule has 2 N–H and O–H groups in total. The van der Waals surface area contributed by atoms with Gasteiger partial charge in [0, 0.05) is 6.54 Å². The molecule has 114 valence electrons. The van der Waals surface area contributed by atoms with Crippen LogP contribution in [0.25, 0.3) is 11.1 Å². The van der Waals surface area contributed by atoms with Crippen LogP contribution in [0.3, 0.4) is 0 Å². The van der Waals surface area contributed by atoms with E-state index in [1.807, 2.05) is 18.2 Å². The lowest BCUT2D eigenvalue weighted by Gasteiger charge is -2.12. The van der Waals surface area contributed by atoms with E-state index in [1.54, 1.807) is 0 Å². The van der Waals surface area contributed by atoms with E-state index in [1.165, 1.54) is 16.7 Å². The molecule has 2 aromatic rings. The summed E-state index contributed by atoms with van der Waals surface area (Å²) in [6.07, 6.45) is 2.41. The predicted molar refractivity (Wildman–Crippen MR) is 87.3 cm³/mol. The van der Waals surface area contributed by atoms with Crippen molar-refractivity contribution in [2.75, 3.05) is 13.2 Å². The normalized spacial score (nSPS) is 15.3. The molecule has 0 spiro atoms. The summed E-state index contributed by atoms with van der Waals surface area (Å²) < 4.78 is 0. The number of aliphatic hydroxyl groups excluding tert-OH is 1. The van der Waals surface area contributed by atoms with Gasteiger partial charge in [-0.2, -0.15) is 0 Å². The molecule has 0 atom stereocenters. The van der Waals surface area contributed by atoms with Crippen LogP contribution in [0.2, 0.25) is 0 Å². The standard InChI is InChI=1S/C19H21NO2/c21-14-19(10-11-19)18(22)20-12-9-15-5-4-8-17(13-15)16-6-2-1-3-7-16/h1-8,13,21H,9-12,14H2,(H,20,22). The summed E-state index contributed by atoms with van der Waals surface area (Å²) in [5.74, 6) is -0.00536. The van der Waals surface area contributed by atoms with E-state index < -0.39 is 5.41 Å². The maximum Gasteiger partial charge on any atom is 0.228 e. The van der Waals surface area contributed by atoms with Crippen molar-refractivity contribution in [1.29, 1.82) is 0 Å². The molecule has 1 fully saturated rings. The first-order valence-corrected chi connectivity index (χ1v) is 7.77. The molecule has 0 unspecified atom stereocenters.